The topological polar surface area (TPSA) is 46.5 Å². The van der Waals surface area contributed by atoms with E-state index in [-0.39, 0.29) is 5.78 Å². The Morgan fingerprint density at radius 2 is 2.00 bits per heavy atom. The second-order valence-electron chi connectivity index (χ2n) is 2.46. The van der Waals surface area contributed by atoms with Gasteiger partial charge in [-0.2, -0.15) is 0 Å². The Kier molecular flexibility index (Phi) is 3.23. The van der Waals surface area contributed by atoms with Crippen LogP contribution in [-0.2, 0) is 4.79 Å². The van der Waals surface area contributed by atoms with E-state index in [1.54, 1.807) is 30.3 Å². The molecule has 1 rings (SSSR count). The van der Waals surface area contributed by atoms with E-state index in [1.165, 1.54) is 6.08 Å². The first-order chi connectivity index (χ1) is 6.22. The summed E-state index contributed by atoms with van der Waals surface area (Å²) >= 11 is 0. The number of carbonyl (C=O) groups is 1. The van der Waals surface area contributed by atoms with Gasteiger partial charge >= 0.3 is 0 Å². The summed E-state index contributed by atoms with van der Waals surface area (Å²) in [4.78, 5) is 14.5. The van der Waals surface area contributed by atoms with Crippen LogP contribution in [-0.4, -0.2) is 11.0 Å². The Morgan fingerprint density at radius 3 is 2.46 bits per heavy atom. The highest BCUT2D eigenvalue weighted by Crippen LogP contribution is 2.11. The van der Waals surface area contributed by atoms with E-state index in [0.717, 1.165) is 5.56 Å². The molecule has 0 amide bonds. The number of benzene rings is 1. The van der Waals surface area contributed by atoms with Crippen molar-refractivity contribution >= 4 is 11.9 Å². The molecule has 1 aromatic rings. The molecule has 0 saturated carbocycles. The highest BCUT2D eigenvalue weighted by molar-refractivity contribution is 5.96. The van der Waals surface area contributed by atoms with Gasteiger partial charge in [0.15, 0.2) is 11.5 Å². The highest BCUT2D eigenvalue weighted by atomic mass is 17.1. The number of hydrogen-bond donors (Lipinski definition) is 1. The van der Waals surface area contributed by atoms with E-state index >= 15 is 0 Å². The van der Waals surface area contributed by atoms with Crippen LogP contribution in [0.25, 0.3) is 6.08 Å². The van der Waals surface area contributed by atoms with E-state index in [4.69, 9.17) is 5.26 Å². The van der Waals surface area contributed by atoms with Gasteiger partial charge in [0.05, 0.1) is 0 Å². The summed E-state index contributed by atoms with van der Waals surface area (Å²) < 4.78 is 0. The van der Waals surface area contributed by atoms with E-state index in [2.05, 4.69) is 11.8 Å². The lowest BCUT2D eigenvalue weighted by molar-refractivity contribution is -0.137. The molecule has 0 heterocycles. The molecule has 0 saturated heterocycles. The van der Waals surface area contributed by atoms with Crippen molar-refractivity contribution in [3.8, 4) is 5.75 Å². The fourth-order valence-corrected chi connectivity index (χ4v) is 0.829. The molecule has 0 aliphatic rings. The van der Waals surface area contributed by atoms with Crippen molar-refractivity contribution in [3.63, 3.8) is 0 Å². The van der Waals surface area contributed by atoms with Crippen LogP contribution in [0.1, 0.15) is 5.56 Å². The molecule has 0 aliphatic heterocycles. The average Bonchev–Trinajstić information content (AvgIpc) is 2.15. The van der Waals surface area contributed by atoms with Crippen molar-refractivity contribution in [3.05, 3.63) is 42.8 Å². The summed E-state index contributed by atoms with van der Waals surface area (Å²) in [5.74, 6) is 0.112. The maximum absolute atomic E-state index is 10.5. The second kappa shape index (κ2) is 4.42. The van der Waals surface area contributed by atoms with E-state index < -0.39 is 0 Å². The lowest BCUT2D eigenvalue weighted by Crippen LogP contribution is -1.83. The lowest BCUT2D eigenvalue weighted by atomic mass is 10.2. The molecule has 0 aromatic heterocycles. The minimum Gasteiger partial charge on any atom is -0.340 e. The quantitative estimate of drug-likeness (QED) is 0.436. The van der Waals surface area contributed by atoms with E-state index in [0.29, 0.717) is 5.75 Å². The number of allylic oxidation sites excluding steroid dienone is 1. The molecule has 0 aliphatic carbocycles. The van der Waals surface area contributed by atoms with Gasteiger partial charge in [0.2, 0.25) is 0 Å². The predicted octanol–water partition coefficient (Wildman–Crippen LogP) is 1.95. The Labute approximate surface area is 76.2 Å². The molecule has 3 nitrogen and oxygen atoms in total. The molecule has 1 radical (unpaired) electrons. The summed E-state index contributed by atoms with van der Waals surface area (Å²) in [7, 11) is 0. The van der Waals surface area contributed by atoms with Gasteiger partial charge in [-0.25, -0.2) is 5.26 Å². The van der Waals surface area contributed by atoms with Crippen molar-refractivity contribution in [2.75, 3.05) is 0 Å². The number of carbonyl (C=O) groups excluding carboxylic acids is 1. The summed E-state index contributed by atoms with van der Waals surface area (Å²) in [5, 5.41) is 8.26. The molecule has 13 heavy (non-hydrogen) atoms. The van der Waals surface area contributed by atoms with Gasteiger partial charge < -0.3 is 4.89 Å². The Bertz CT molecular complexity index is 311. The second-order valence-corrected chi connectivity index (χ2v) is 2.46. The molecule has 1 N–H and O–H groups in total. The molecule has 0 atom stereocenters. The van der Waals surface area contributed by atoms with Crippen LogP contribution < -0.4 is 4.89 Å². The van der Waals surface area contributed by atoms with Crippen molar-refractivity contribution in [1.82, 2.24) is 0 Å². The van der Waals surface area contributed by atoms with Crippen LogP contribution in [0.2, 0.25) is 0 Å². The van der Waals surface area contributed by atoms with Gasteiger partial charge in [-0.15, -0.1) is 0 Å². The largest absolute Gasteiger partial charge is 0.340 e. The number of ketones is 1. The average molecular weight is 177 g/mol. The first kappa shape index (κ1) is 9.48. The van der Waals surface area contributed by atoms with Gasteiger partial charge in [0.1, 0.15) is 0 Å². The summed E-state index contributed by atoms with van der Waals surface area (Å²) in [6.07, 6.45) is 3.01. The smallest absolute Gasteiger partial charge is 0.165 e. The first-order valence-electron chi connectivity index (χ1n) is 3.68. The summed E-state index contributed by atoms with van der Waals surface area (Å²) in [5.41, 5.74) is 0.845. The van der Waals surface area contributed by atoms with Crippen molar-refractivity contribution in [2.24, 2.45) is 0 Å². The molecule has 3 heteroatoms. The van der Waals surface area contributed by atoms with Gasteiger partial charge in [-0.1, -0.05) is 18.2 Å². The van der Waals surface area contributed by atoms with Crippen LogP contribution >= 0.6 is 0 Å². The first-order valence-corrected chi connectivity index (χ1v) is 3.68. The zero-order chi connectivity index (χ0) is 9.68. The summed E-state index contributed by atoms with van der Waals surface area (Å²) in [6.45, 7) is 3.20. The van der Waals surface area contributed by atoms with Crippen molar-refractivity contribution in [1.29, 1.82) is 0 Å². The maximum atomic E-state index is 10.5. The van der Waals surface area contributed by atoms with Crippen LogP contribution in [0.5, 0.6) is 5.75 Å². The Morgan fingerprint density at radius 1 is 1.38 bits per heavy atom. The highest BCUT2D eigenvalue weighted by Gasteiger charge is 1.91. The van der Waals surface area contributed by atoms with Crippen LogP contribution in [0.4, 0.5) is 0 Å². The van der Waals surface area contributed by atoms with Gasteiger partial charge in [-0.3, -0.25) is 4.79 Å². The SMILES string of the molecule is [CH2]C(=O)C=Cc1ccc(OO)cc1. The van der Waals surface area contributed by atoms with Crippen LogP contribution in [0.3, 0.4) is 0 Å². The van der Waals surface area contributed by atoms with Crippen molar-refractivity contribution < 1.29 is 14.9 Å². The van der Waals surface area contributed by atoms with Gasteiger partial charge in [0, 0.05) is 6.92 Å². The third-order valence-electron chi connectivity index (χ3n) is 1.45. The Hall–Kier alpha value is -1.61. The third-order valence-corrected chi connectivity index (χ3v) is 1.45. The minimum absolute atomic E-state index is 0.248. The van der Waals surface area contributed by atoms with E-state index in [1.807, 2.05) is 0 Å². The number of hydrogen-bond acceptors (Lipinski definition) is 3. The fourth-order valence-electron chi connectivity index (χ4n) is 0.829. The third kappa shape index (κ3) is 3.09. The molecular weight excluding hydrogens is 168 g/mol. The maximum Gasteiger partial charge on any atom is 0.165 e. The predicted molar refractivity (Wildman–Crippen MR) is 49.1 cm³/mol. The standard InChI is InChI=1S/C10H9O3/c1-8(11)2-3-9-4-6-10(13-12)7-5-9/h2-7,12H,1H2. The monoisotopic (exact) mass is 177 g/mol. The van der Waals surface area contributed by atoms with Crippen molar-refractivity contribution in [2.45, 2.75) is 0 Å². The fraction of sp³-hybridized carbons (Fsp3) is 0. The van der Waals surface area contributed by atoms with E-state index in [9.17, 15) is 4.79 Å². The number of rotatable bonds is 3. The molecule has 67 valence electrons. The molecule has 0 bridgehead atoms. The molecular formula is C10H9O3. The normalized spacial score (nSPS) is 10.3. The van der Waals surface area contributed by atoms with Gasteiger partial charge in [0.25, 0.3) is 0 Å². The zero-order valence-electron chi connectivity index (χ0n) is 6.93. The molecule has 0 fully saturated rings. The Balaban J connectivity index is 2.75. The zero-order valence-corrected chi connectivity index (χ0v) is 6.93. The molecule has 1 aromatic carbocycles. The van der Waals surface area contributed by atoms with Gasteiger partial charge in [-0.05, 0) is 23.8 Å². The van der Waals surface area contributed by atoms with Crippen LogP contribution in [0, 0.1) is 6.92 Å². The van der Waals surface area contributed by atoms with Crippen LogP contribution in [0.15, 0.2) is 30.3 Å². The minimum atomic E-state index is -0.248. The molecule has 0 unspecified atom stereocenters. The molecule has 0 spiro atoms. The summed E-state index contributed by atoms with van der Waals surface area (Å²) in [6, 6.07) is 6.61. The lowest BCUT2D eigenvalue weighted by Gasteiger charge is -1.95.